The maximum Gasteiger partial charge on any atom is 0.228 e. The van der Waals surface area contributed by atoms with Gasteiger partial charge in [0.25, 0.3) is 0 Å². The fourth-order valence-electron chi connectivity index (χ4n) is 5.03. The Labute approximate surface area is 186 Å². The topological polar surface area (TPSA) is 59.1 Å². The second-order valence-corrected chi connectivity index (χ2v) is 9.62. The molecule has 4 heterocycles. The third kappa shape index (κ3) is 4.02. The number of likely N-dealkylation sites (tertiary alicyclic amines) is 1. The first-order valence-corrected chi connectivity index (χ1v) is 11.9. The molecule has 2 atom stereocenters. The van der Waals surface area contributed by atoms with Crippen molar-refractivity contribution < 1.29 is 19.1 Å². The van der Waals surface area contributed by atoms with Gasteiger partial charge in [0.05, 0.1) is 25.2 Å². The smallest absolute Gasteiger partial charge is 0.228 e. The Morgan fingerprint density at radius 1 is 1.06 bits per heavy atom. The summed E-state index contributed by atoms with van der Waals surface area (Å²) in [5.41, 5.74) is 2.01. The maximum absolute atomic E-state index is 13.6. The van der Waals surface area contributed by atoms with Crippen LogP contribution in [0.15, 0.2) is 41.8 Å². The number of carbonyl (C=O) groups excluding carboxylic acids is 2. The molecule has 7 heteroatoms. The number of rotatable bonds is 4. The van der Waals surface area contributed by atoms with Gasteiger partial charge >= 0.3 is 0 Å². The molecule has 0 saturated carbocycles. The van der Waals surface area contributed by atoms with E-state index in [4.69, 9.17) is 9.47 Å². The van der Waals surface area contributed by atoms with Crippen molar-refractivity contribution in [1.82, 2.24) is 4.90 Å². The summed E-state index contributed by atoms with van der Waals surface area (Å²) in [6, 6.07) is 11.8. The van der Waals surface area contributed by atoms with Crippen LogP contribution in [0, 0.1) is 18.8 Å². The molecular weight excluding hydrogens is 412 g/mol. The lowest BCUT2D eigenvalue weighted by Crippen LogP contribution is -2.45. The molecule has 6 nitrogen and oxygen atoms in total. The largest absolute Gasteiger partial charge is 0.350 e. The molecule has 3 aliphatic heterocycles. The lowest BCUT2D eigenvalue weighted by atomic mass is 9.92. The average molecular weight is 441 g/mol. The van der Waals surface area contributed by atoms with Gasteiger partial charge in [-0.1, -0.05) is 23.8 Å². The van der Waals surface area contributed by atoms with E-state index in [-0.39, 0.29) is 36.5 Å². The summed E-state index contributed by atoms with van der Waals surface area (Å²) in [5.74, 6) is 0.0909. The zero-order valence-electron chi connectivity index (χ0n) is 17.7. The number of benzene rings is 1. The molecule has 2 unspecified atom stereocenters. The molecule has 2 amide bonds. The van der Waals surface area contributed by atoms with Crippen LogP contribution in [-0.2, 0) is 19.1 Å². The van der Waals surface area contributed by atoms with Gasteiger partial charge in [0.1, 0.15) is 0 Å². The number of nitrogens with zero attached hydrogens (tertiary/aromatic N) is 2. The van der Waals surface area contributed by atoms with Crippen molar-refractivity contribution in [3.05, 3.63) is 52.2 Å². The highest BCUT2D eigenvalue weighted by molar-refractivity contribution is 7.10. The number of carbonyl (C=O) groups is 2. The van der Waals surface area contributed by atoms with Crippen LogP contribution in [0.25, 0.3) is 0 Å². The van der Waals surface area contributed by atoms with E-state index in [0.717, 1.165) is 29.0 Å². The molecule has 3 saturated heterocycles. The quantitative estimate of drug-likeness (QED) is 0.726. The number of thiophene rings is 1. The van der Waals surface area contributed by atoms with Crippen LogP contribution in [0.3, 0.4) is 0 Å². The minimum Gasteiger partial charge on any atom is -0.350 e. The number of piperidine rings is 1. The molecule has 0 bridgehead atoms. The highest BCUT2D eigenvalue weighted by atomic mass is 32.1. The third-order valence-electron chi connectivity index (χ3n) is 6.67. The van der Waals surface area contributed by atoms with Crippen molar-refractivity contribution in [3.63, 3.8) is 0 Å². The molecule has 1 aromatic heterocycles. The van der Waals surface area contributed by atoms with Crippen molar-refractivity contribution >= 4 is 28.8 Å². The summed E-state index contributed by atoms with van der Waals surface area (Å²) >= 11 is 1.61. The summed E-state index contributed by atoms with van der Waals surface area (Å²) in [6.07, 6.45) is 1.88. The van der Waals surface area contributed by atoms with E-state index in [1.54, 1.807) is 11.3 Å². The van der Waals surface area contributed by atoms with Crippen LogP contribution in [0.2, 0.25) is 0 Å². The van der Waals surface area contributed by atoms with Crippen molar-refractivity contribution in [3.8, 4) is 0 Å². The van der Waals surface area contributed by atoms with Gasteiger partial charge in [0, 0.05) is 36.0 Å². The van der Waals surface area contributed by atoms with Gasteiger partial charge in [-0.15, -0.1) is 11.3 Å². The van der Waals surface area contributed by atoms with E-state index in [2.05, 4.69) is 0 Å². The van der Waals surface area contributed by atoms with Crippen molar-refractivity contribution in [1.29, 1.82) is 0 Å². The van der Waals surface area contributed by atoms with Crippen molar-refractivity contribution in [2.75, 3.05) is 31.2 Å². The van der Waals surface area contributed by atoms with E-state index >= 15 is 0 Å². The number of hydrogen-bond donors (Lipinski definition) is 0. The van der Waals surface area contributed by atoms with Crippen molar-refractivity contribution in [2.45, 2.75) is 38.5 Å². The highest BCUT2D eigenvalue weighted by Gasteiger charge is 2.47. The molecule has 3 aliphatic rings. The van der Waals surface area contributed by atoms with E-state index in [1.807, 2.05) is 58.5 Å². The molecule has 0 spiro atoms. The fraction of sp³-hybridized carbons (Fsp3) is 0.500. The van der Waals surface area contributed by atoms with Crippen LogP contribution < -0.4 is 4.90 Å². The molecule has 3 fully saturated rings. The number of ether oxygens (including phenoxy) is 2. The van der Waals surface area contributed by atoms with E-state index in [9.17, 15) is 9.59 Å². The first-order valence-electron chi connectivity index (χ1n) is 11.1. The molecule has 0 radical (unpaired) electrons. The number of aryl methyl sites for hydroxylation is 1. The molecule has 2 aromatic rings. The lowest BCUT2D eigenvalue weighted by Gasteiger charge is -2.36. The van der Waals surface area contributed by atoms with Crippen LogP contribution in [-0.4, -0.2) is 49.3 Å². The van der Waals surface area contributed by atoms with Gasteiger partial charge in [-0.05, 0) is 43.3 Å². The van der Waals surface area contributed by atoms with Gasteiger partial charge in [0.2, 0.25) is 11.8 Å². The normalized spacial score (nSPS) is 25.5. The molecule has 164 valence electrons. The summed E-state index contributed by atoms with van der Waals surface area (Å²) in [6.45, 7) is 4.73. The second kappa shape index (κ2) is 8.73. The summed E-state index contributed by atoms with van der Waals surface area (Å²) in [5, 5.41) is 2.01. The molecule has 31 heavy (non-hydrogen) atoms. The third-order valence-corrected chi connectivity index (χ3v) is 7.61. The van der Waals surface area contributed by atoms with Gasteiger partial charge in [0.15, 0.2) is 6.29 Å². The Hall–Kier alpha value is -2.22. The zero-order valence-corrected chi connectivity index (χ0v) is 18.6. The number of amides is 2. The average Bonchev–Trinajstić information content (AvgIpc) is 3.55. The predicted octanol–water partition coefficient (Wildman–Crippen LogP) is 3.76. The minimum atomic E-state index is -0.358. The first-order chi connectivity index (χ1) is 15.1. The fourth-order valence-corrected chi connectivity index (χ4v) is 5.91. The maximum atomic E-state index is 13.6. The Balaban J connectivity index is 1.36. The molecule has 5 rings (SSSR count). The standard InChI is InChI=1S/C24H28N2O4S/c1-16-4-6-18(7-5-16)26-21(27)15-19(22(26)20-3-2-14-31-20)23(28)25-10-8-17(9-11-25)24-29-12-13-30-24/h2-7,14,17,19,22,24H,8-13,15H2,1H3. The van der Waals surface area contributed by atoms with Crippen molar-refractivity contribution in [2.24, 2.45) is 11.8 Å². The van der Waals surface area contributed by atoms with Crippen LogP contribution in [0.4, 0.5) is 5.69 Å². The lowest BCUT2D eigenvalue weighted by molar-refractivity contribution is -0.141. The van der Waals surface area contributed by atoms with Crippen LogP contribution in [0.1, 0.15) is 35.7 Å². The molecule has 1 aromatic carbocycles. The summed E-state index contributed by atoms with van der Waals surface area (Å²) < 4.78 is 11.3. The number of anilines is 1. The minimum absolute atomic E-state index is 0.0169. The van der Waals surface area contributed by atoms with Gasteiger partial charge in [-0.2, -0.15) is 0 Å². The van der Waals surface area contributed by atoms with E-state index in [0.29, 0.717) is 32.2 Å². The van der Waals surface area contributed by atoms with Crippen LogP contribution in [0.5, 0.6) is 0 Å². The Kier molecular flexibility index (Phi) is 5.82. The molecular formula is C24H28N2O4S. The molecule has 0 N–H and O–H groups in total. The van der Waals surface area contributed by atoms with E-state index < -0.39 is 0 Å². The predicted molar refractivity (Wildman–Crippen MR) is 119 cm³/mol. The van der Waals surface area contributed by atoms with Gasteiger partial charge < -0.3 is 19.3 Å². The molecule has 0 aliphatic carbocycles. The Morgan fingerprint density at radius 2 is 1.77 bits per heavy atom. The second-order valence-electron chi connectivity index (χ2n) is 8.64. The summed E-state index contributed by atoms with van der Waals surface area (Å²) in [4.78, 5) is 31.6. The monoisotopic (exact) mass is 440 g/mol. The van der Waals surface area contributed by atoms with Crippen LogP contribution >= 0.6 is 11.3 Å². The number of hydrogen-bond acceptors (Lipinski definition) is 5. The van der Waals surface area contributed by atoms with E-state index in [1.165, 1.54) is 0 Å². The zero-order chi connectivity index (χ0) is 21.4. The first kappa shape index (κ1) is 20.7. The van der Waals surface area contributed by atoms with Gasteiger partial charge in [-0.3, -0.25) is 9.59 Å². The summed E-state index contributed by atoms with van der Waals surface area (Å²) in [7, 11) is 0. The Bertz CT molecular complexity index is 916. The Morgan fingerprint density at radius 3 is 2.42 bits per heavy atom. The van der Waals surface area contributed by atoms with Gasteiger partial charge in [-0.25, -0.2) is 0 Å². The SMILES string of the molecule is Cc1ccc(N2C(=O)CC(C(=O)N3CCC(C4OCCO4)CC3)C2c2cccs2)cc1. The highest BCUT2D eigenvalue weighted by Crippen LogP contribution is 2.44.